The second-order valence-electron chi connectivity index (χ2n) is 4.85. The third-order valence-corrected chi connectivity index (χ3v) is 3.35. The van der Waals surface area contributed by atoms with Gasteiger partial charge in [0.05, 0.1) is 0 Å². The van der Waals surface area contributed by atoms with Crippen LogP contribution >= 0.6 is 0 Å². The Morgan fingerprint density at radius 1 is 1.28 bits per heavy atom. The zero-order valence-electron chi connectivity index (χ0n) is 11.1. The quantitative estimate of drug-likeness (QED) is 0.783. The maximum absolute atomic E-state index is 11.8. The number of aliphatic carboxylic acids is 1. The van der Waals surface area contributed by atoms with Crippen LogP contribution in [0.25, 0.3) is 0 Å². The molecule has 0 aromatic rings. The fourth-order valence-electron chi connectivity index (χ4n) is 2.43. The van der Waals surface area contributed by atoms with Crippen LogP contribution in [0.4, 0.5) is 0 Å². The Bertz CT molecular complexity index is 280. The molecule has 0 aromatic heterocycles. The molecule has 1 atom stereocenters. The highest BCUT2D eigenvalue weighted by molar-refractivity contribution is 5.78. The van der Waals surface area contributed by atoms with Crippen LogP contribution in [0.1, 0.15) is 39.0 Å². The van der Waals surface area contributed by atoms with Gasteiger partial charge in [0.1, 0.15) is 13.2 Å². The van der Waals surface area contributed by atoms with Gasteiger partial charge >= 0.3 is 5.97 Å². The summed E-state index contributed by atoms with van der Waals surface area (Å²) >= 11 is 0. The van der Waals surface area contributed by atoms with Gasteiger partial charge in [-0.3, -0.25) is 4.79 Å². The lowest BCUT2D eigenvalue weighted by atomic mass is 9.96. The summed E-state index contributed by atoms with van der Waals surface area (Å²) in [4.78, 5) is 23.9. The Hall–Kier alpha value is -1.10. The van der Waals surface area contributed by atoms with Gasteiger partial charge in [-0.15, -0.1) is 0 Å². The van der Waals surface area contributed by atoms with Gasteiger partial charge in [0.15, 0.2) is 0 Å². The van der Waals surface area contributed by atoms with Crippen LogP contribution < -0.4 is 0 Å². The predicted molar refractivity (Wildman–Crippen MR) is 67.3 cm³/mol. The number of ether oxygens (including phenoxy) is 1. The number of hydrogen-bond acceptors (Lipinski definition) is 3. The van der Waals surface area contributed by atoms with Crippen LogP contribution in [0, 0.1) is 5.92 Å². The molecule has 1 amide bonds. The fraction of sp³-hybridized carbons (Fsp3) is 0.846. The normalized spacial score (nSPS) is 20.5. The number of nitrogens with zero attached hydrogens (tertiary/aromatic N) is 1. The van der Waals surface area contributed by atoms with E-state index in [0.29, 0.717) is 0 Å². The molecule has 0 spiro atoms. The van der Waals surface area contributed by atoms with E-state index in [0.717, 1.165) is 31.8 Å². The summed E-state index contributed by atoms with van der Waals surface area (Å²) in [6, 6.07) is 0. The van der Waals surface area contributed by atoms with Crippen molar-refractivity contribution in [1.29, 1.82) is 0 Å². The van der Waals surface area contributed by atoms with Gasteiger partial charge in [-0.25, -0.2) is 4.79 Å². The first-order valence-corrected chi connectivity index (χ1v) is 6.70. The van der Waals surface area contributed by atoms with Gasteiger partial charge in [0.2, 0.25) is 5.91 Å². The summed E-state index contributed by atoms with van der Waals surface area (Å²) in [5.74, 6) is -0.400. The van der Waals surface area contributed by atoms with Gasteiger partial charge in [0.25, 0.3) is 0 Å². The Morgan fingerprint density at radius 3 is 2.72 bits per heavy atom. The second kappa shape index (κ2) is 8.08. The highest BCUT2D eigenvalue weighted by Crippen LogP contribution is 2.21. The van der Waals surface area contributed by atoms with Crippen molar-refractivity contribution in [2.24, 2.45) is 5.92 Å². The molecule has 5 heteroatoms. The van der Waals surface area contributed by atoms with Gasteiger partial charge < -0.3 is 14.7 Å². The number of likely N-dealkylation sites (tertiary alicyclic amines) is 1. The molecule has 0 radical (unpaired) electrons. The second-order valence-corrected chi connectivity index (χ2v) is 4.85. The van der Waals surface area contributed by atoms with Crippen molar-refractivity contribution < 1.29 is 19.4 Å². The number of carbonyl (C=O) groups excluding carboxylic acids is 1. The Morgan fingerprint density at radius 2 is 2.06 bits per heavy atom. The monoisotopic (exact) mass is 257 g/mol. The predicted octanol–water partition coefficient (Wildman–Crippen LogP) is 1.52. The number of hydrogen-bond donors (Lipinski definition) is 1. The Kier molecular flexibility index (Phi) is 6.72. The number of carboxylic acid groups (broad SMARTS) is 1. The molecule has 1 rings (SSSR count). The van der Waals surface area contributed by atoms with Crippen LogP contribution in [0.15, 0.2) is 0 Å². The van der Waals surface area contributed by atoms with Crippen LogP contribution in [0.2, 0.25) is 0 Å². The maximum Gasteiger partial charge on any atom is 0.329 e. The minimum absolute atomic E-state index is 0.0894. The summed E-state index contributed by atoms with van der Waals surface area (Å²) in [5.41, 5.74) is 0. The summed E-state index contributed by atoms with van der Waals surface area (Å²) in [7, 11) is 0. The van der Waals surface area contributed by atoms with Crippen LogP contribution in [-0.4, -0.2) is 48.2 Å². The molecule has 1 N–H and O–H groups in total. The first-order chi connectivity index (χ1) is 8.63. The SMILES string of the molecule is CCCC1CCCN(C(=O)COCC(=O)O)CC1. The summed E-state index contributed by atoms with van der Waals surface area (Å²) in [6.45, 7) is 3.21. The first-order valence-electron chi connectivity index (χ1n) is 6.70. The number of carboxylic acids is 1. The zero-order valence-corrected chi connectivity index (χ0v) is 11.1. The van der Waals surface area contributed by atoms with Crippen LogP contribution in [-0.2, 0) is 14.3 Å². The zero-order chi connectivity index (χ0) is 13.4. The minimum atomic E-state index is -1.04. The molecule has 1 fully saturated rings. The van der Waals surface area contributed by atoms with E-state index in [1.807, 2.05) is 0 Å². The maximum atomic E-state index is 11.8. The van der Waals surface area contributed by atoms with E-state index in [-0.39, 0.29) is 12.5 Å². The standard InChI is InChI=1S/C13H23NO4/c1-2-4-11-5-3-7-14(8-6-11)12(15)9-18-10-13(16)17/h11H,2-10H2,1H3,(H,16,17). The lowest BCUT2D eigenvalue weighted by Crippen LogP contribution is -2.35. The lowest BCUT2D eigenvalue weighted by Gasteiger charge is -2.20. The molecule has 0 saturated carbocycles. The van der Waals surface area contributed by atoms with Gasteiger partial charge in [-0.05, 0) is 25.2 Å². The van der Waals surface area contributed by atoms with E-state index < -0.39 is 12.6 Å². The molecular weight excluding hydrogens is 234 g/mol. The first kappa shape index (κ1) is 15.0. The van der Waals surface area contributed by atoms with Gasteiger partial charge in [-0.1, -0.05) is 19.8 Å². The average molecular weight is 257 g/mol. The Labute approximate surface area is 108 Å². The molecule has 18 heavy (non-hydrogen) atoms. The number of rotatable bonds is 6. The van der Waals surface area contributed by atoms with E-state index in [4.69, 9.17) is 9.84 Å². The van der Waals surface area contributed by atoms with Crippen molar-refractivity contribution in [1.82, 2.24) is 4.90 Å². The summed E-state index contributed by atoms with van der Waals surface area (Å²) in [6.07, 6.45) is 5.71. The minimum Gasteiger partial charge on any atom is -0.480 e. The van der Waals surface area contributed by atoms with E-state index >= 15 is 0 Å². The highest BCUT2D eigenvalue weighted by Gasteiger charge is 2.20. The molecule has 1 saturated heterocycles. The third kappa shape index (κ3) is 5.49. The van der Waals surface area contributed by atoms with Crippen LogP contribution in [0.5, 0.6) is 0 Å². The van der Waals surface area contributed by atoms with Crippen molar-refractivity contribution in [3.05, 3.63) is 0 Å². The van der Waals surface area contributed by atoms with Crippen molar-refractivity contribution in [2.75, 3.05) is 26.3 Å². The topological polar surface area (TPSA) is 66.8 Å². The van der Waals surface area contributed by atoms with E-state index in [9.17, 15) is 9.59 Å². The molecule has 104 valence electrons. The van der Waals surface area contributed by atoms with Crippen molar-refractivity contribution in [3.8, 4) is 0 Å². The molecule has 0 bridgehead atoms. The van der Waals surface area contributed by atoms with E-state index in [1.165, 1.54) is 19.3 Å². The molecule has 1 unspecified atom stereocenters. The Balaban J connectivity index is 2.28. The largest absolute Gasteiger partial charge is 0.480 e. The molecule has 5 nitrogen and oxygen atoms in total. The third-order valence-electron chi connectivity index (χ3n) is 3.35. The molecule has 0 aromatic carbocycles. The molecular formula is C13H23NO4. The smallest absolute Gasteiger partial charge is 0.329 e. The van der Waals surface area contributed by atoms with Crippen molar-refractivity contribution >= 4 is 11.9 Å². The average Bonchev–Trinajstić information content (AvgIpc) is 2.54. The van der Waals surface area contributed by atoms with Gasteiger partial charge in [-0.2, -0.15) is 0 Å². The van der Waals surface area contributed by atoms with Gasteiger partial charge in [0, 0.05) is 13.1 Å². The summed E-state index contributed by atoms with van der Waals surface area (Å²) in [5, 5.41) is 8.43. The van der Waals surface area contributed by atoms with E-state index in [2.05, 4.69) is 6.92 Å². The molecule has 1 heterocycles. The molecule has 1 aliphatic rings. The number of amides is 1. The van der Waals surface area contributed by atoms with Crippen molar-refractivity contribution in [2.45, 2.75) is 39.0 Å². The van der Waals surface area contributed by atoms with E-state index in [1.54, 1.807) is 4.90 Å². The fourth-order valence-corrected chi connectivity index (χ4v) is 2.43. The van der Waals surface area contributed by atoms with Crippen LogP contribution in [0.3, 0.4) is 0 Å². The molecule has 1 aliphatic heterocycles. The molecule has 0 aliphatic carbocycles. The number of carbonyl (C=O) groups is 2. The lowest BCUT2D eigenvalue weighted by molar-refractivity contribution is -0.145. The van der Waals surface area contributed by atoms with Crippen molar-refractivity contribution in [3.63, 3.8) is 0 Å². The summed E-state index contributed by atoms with van der Waals surface area (Å²) < 4.78 is 4.83. The highest BCUT2D eigenvalue weighted by atomic mass is 16.5.